The monoisotopic (exact) mass is 333 g/mol. The summed E-state index contributed by atoms with van der Waals surface area (Å²) >= 11 is 6.09. The Bertz CT molecular complexity index is 717. The maximum absolute atomic E-state index is 12.2. The molecule has 0 aliphatic carbocycles. The van der Waals surface area contributed by atoms with E-state index in [1.807, 2.05) is 0 Å². The van der Waals surface area contributed by atoms with Crippen LogP contribution in [0.5, 0.6) is 5.75 Å². The number of hydrogen-bond acceptors (Lipinski definition) is 4. The van der Waals surface area contributed by atoms with E-state index < -0.39 is 17.9 Å². The van der Waals surface area contributed by atoms with Gasteiger partial charge in [-0.3, -0.25) is 4.79 Å². The SMILES string of the molecule is COC(=O)[C@@H](Cc1ccccc1Cl)NC(=O)c1cccc(O)c1. The van der Waals surface area contributed by atoms with E-state index in [4.69, 9.17) is 16.3 Å². The molecule has 0 radical (unpaired) electrons. The molecule has 120 valence electrons. The lowest BCUT2D eigenvalue weighted by molar-refractivity contribution is -0.142. The third-order valence-electron chi connectivity index (χ3n) is 3.28. The zero-order chi connectivity index (χ0) is 16.8. The predicted octanol–water partition coefficient (Wildman–Crippen LogP) is 2.56. The Hall–Kier alpha value is -2.53. The van der Waals surface area contributed by atoms with Crippen LogP contribution in [-0.2, 0) is 16.0 Å². The number of ether oxygens (including phenoxy) is 1. The fourth-order valence-corrected chi connectivity index (χ4v) is 2.32. The fourth-order valence-electron chi connectivity index (χ4n) is 2.11. The van der Waals surface area contributed by atoms with Gasteiger partial charge in [0.25, 0.3) is 5.91 Å². The molecule has 1 atom stereocenters. The summed E-state index contributed by atoms with van der Waals surface area (Å²) in [5.41, 5.74) is 0.971. The molecule has 0 bridgehead atoms. The van der Waals surface area contributed by atoms with Crippen molar-refractivity contribution in [1.29, 1.82) is 0 Å². The molecule has 2 aromatic rings. The number of amides is 1. The van der Waals surface area contributed by atoms with E-state index >= 15 is 0 Å². The predicted molar refractivity (Wildman–Crippen MR) is 86.5 cm³/mol. The quantitative estimate of drug-likeness (QED) is 0.825. The third-order valence-corrected chi connectivity index (χ3v) is 3.65. The largest absolute Gasteiger partial charge is 0.508 e. The Kier molecular flexibility index (Phi) is 5.60. The zero-order valence-electron chi connectivity index (χ0n) is 12.5. The number of phenols is 1. The number of nitrogens with one attached hydrogen (secondary N) is 1. The molecule has 6 heteroatoms. The highest BCUT2D eigenvalue weighted by molar-refractivity contribution is 6.31. The molecule has 2 aromatic carbocycles. The van der Waals surface area contributed by atoms with Crippen molar-refractivity contribution >= 4 is 23.5 Å². The van der Waals surface area contributed by atoms with E-state index in [0.29, 0.717) is 5.02 Å². The average Bonchev–Trinajstić information content (AvgIpc) is 2.55. The summed E-state index contributed by atoms with van der Waals surface area (Å²) in [5, 5.41) is 12.5. The molecule has 0 heterocycles. The first-order chi connectivity index (χ1) is 11.0. The number of hydrogen-bond donors (Lipinski definition) is 2. The van der Waals surface area contributed by atoms with Crippen LogP contribution in [0.1, 0.15) is 15.9 Å². The van der Waals surface area contributed by atoms with E-state index in [1.54, 1.807) is 36.4 Å². The van der Waals surface area contributed by atoms with Crippen molar-refractivity contribution < 1.29 is 19.4 Å². The normalized spacial score (nSPS) is 11.6. The molecule has 0 saturated carbocycles. The molecule has 0 aliphatic heterocycles. The van der Waals surface area contributed by atoms with Crippen molar-refractivity contribution in [3.05, 3.63) is 64.7 Å². The van der Waals surface area contributed by atoms with Crippen molar-refractivity contribution in [2.75, 3.05) is 7.11 Å². The van der Waals surface area contributed by atoms with Gasteiger partial charge in [-0.1, -0.05) is 35.9 Å². The van der Waals surface area contributed by atoms with Crippen molar-refractivity contribution in [2.45, 2.75) is 12.5 Å². The van der Waals surface area contributed by atoms with Crippen LogP contribution in [0, 0.1) is 0 Å². The van der Waals surface area contributed by atoms with Gasteiger partial charge in [0, 0.05) is 17.0 Å². The van der Waals surface area contributed by atoms with Gasteiger partial charge in [0.15, 0.2) is 0 Å². The number of phenolic OH excluding ortho intramolecular Hbond substituents is 1. The molecular formula is C17H16ClNO4. The van der Waals surface area contributed by atoms with Crippen molar-refractivity contribution in [3.8, 4) is 5.75 Å². The number of methoxy groups -OCH3 is 1. The number of halogens is 1. The highest BCUT2D eigenvalue weighted by Crippen LogP contribution is 2.17. The second-order valence-corrected chi connectivity index (χ2v) is 5.30. The highest BCUT2D eigenvalue weighted by Gasteiger charge is 2.23. The van der Waals surface area contributed by atoms with Crippen LogP contribution in [0.2, 0.25) is 5.02 Å². The fraction of sp³-hybridized carbons (Fsp3) is 0.176. The minimum atomic E-state index is -0.880. The minimum absolute atomic E-state index is 0.0293. The number of carbonyl (C=O) groups excluding carboxylic acids is 2. The van der Waals surface area contributed by atoms with Gasteiger partial charge >= 0.3 is 5.97 Å². The zero-order valence-corrected chi connectivity index (χ0v) is 13.2. The molecule has 5 nitrogen and oxygen atoms in total. The molecule has 0 aromatic heterocycles. The van der Waals surface area contributed by atoms with Crippen LogP contribution < -0.4 is 5.32 Å². The van der Waals surface area contributed by atoms with Gasteiger partial charge in [0.1, 0.15) is 11.8 Å². The Morgan fingerprint density at radius 3 is 2.61 bits per heavy atom. The van der Waals surface area contributed by atoms with Crippen molar-refractivity contribution in [2.24, 2.45) is 0 Å². The summed E-state index contributed by atoms with van der Waals surface area (Å²) in [6, 6.07) is 12.1. The molecule has 0 aliphatic rings. The molecule has 0 saturated heterocycles. The number of esters is 1. The number of aromatic hydroxyl groups is 1. The van der Waals surface area contributed by atoms with Crippen LogP contribution >= 0.6 is 11.6 Å². The topological polar surface area (TPSA) is 75.6 Å². The van der Waals surface area contributed by atoms with E-state index in [0.717, 1.165) is 5.56 Å². The molecule has 0 fully saturated rings. The minimum Gasteiger partial charge on any atom is -0.508 e. The average molecular weight is 334 g/mol. The van der Waals surface area contributed by atoms with E-state index in [9.17, 15) is 14.7 Å². The van der Waals surface area contributed by atoms with Gasteiger partial charge < -0.3 is 15.2 Å². The Morgan fingerprint density at radius 2 is 1.96 bits per heavy atom. The smallest absolute Gasteiger partial charge is 0.328 e. The van der Waals surface area contributed by atoms with Gasteiger partial charge in [-0.05, 0) is 29.8 Å². The first-order valence-electron chi connectivity index (χ1n) is 6.92. The van der Waals surface area contributed by atoms with Crippen LogP contribution in [0.3, 0.4) is 0 Å². The summed E-state index contributed by atoms with van der Waals surface area (Å²) < 4.78 is 4.74. The van der Waals surface area contributed by atoms with Gasteiger partial charge in [-0.2, -0.15) is 0 Å². The van der Waals surface area contributed by atoms with Crippen LogP contribution in [0.4, 0.5) is 0 Å². The second-order valence-electron chi connectivity index (χ2n) is 4.90. The third kappa shape index (κ3) is 4.47. The Balaban J connectivity index is 2.17. The molecule has 0 unspecified atom stereocenters. The lowest BCUT2D eigenvalue weighted by Crippen LogP contribution is -2.43. The first kappa shape index (κ1) is 16.8. The van der Waals surface area contributed by atoms with Gasteiger partial charge in [-0.25, -0.2) is 4.79 Å². The van der Waals surface area contributed by atoms with Crippen LogP contribution in [-0.4, -0.2) is 30.1 Å². The highest BCUT2D eigenvalue weighted by atomic mass is 35.5. The standard InChI is InChI=1S/C17H16ClNO4/c1-23-17(22)15(10-11-5-2-3-8-14(11)18)19-16(21)12-6-4-7-13(20)9-12/h2-9,15,20H,10H2,1H3,(H,19,21)/t15-/m1/s1. The maximum atomic E-state index is 12.2. The van der Waals surface area contributed by atoms with Crippen LogP contribution in [0.15, 0.2) is 48.5 Å². The first-order valence-corrected chi connectivity index (χ1v) is 7.30. The molecular weight excluding hydrogens is 318 g/mol. The summed E-state index contributed by atoms with van der Waals surface area (Å²) in [5.74, 6) is -1.08. The summed E-state index contributed by atoms with van der Waals surface area (Å²) in [7, 11) is 1.25. The lowest BCUT2D eigenvalue weighted by atomic mass is 10.1. The second kappa shape index (κ2) is 7.65. The summed E-state index contributed by atoms with van der Waals surface area (Å²) in [6.45, 7) is 0. The Labute approximate surface area is 138 Å². The maximum Gasteiger partial charge on any atom is 0.328 e. The number of carbonyl (C=O) groups is 2. The number of rotatable bonds is 5. The van der Waals surface area contributed by atoms with Crippen LogP contribution in [0.25, 0.3) is 0 Å². The summed E-state index contributed by atoms with van der Waals surface area (Å²) in [4.78, 5) is 24.2. The van der Waals surface area contributed by atoms with Gasteiger partial charge in [-0.15, -0.1) is 0 Å². The molecule has 2 rings (SSSR count). The van der Waals surface area contributed by atoms with E-state index in [1.165, 1.54) is 19.2 Å². The molecule has 1 amide bonds. The summed E-state index contributed by atoms with van der Waals surface area (Å²) in [6.07, 6.45) is 0.205. The van der Waals surface area contributed by atoms with Crippen molar-refractivity contribution in [3.63, 3.8) is 0 Å². The molecule has 0 spiro atoms. The van der Waals surface area contributed by atoms with Gasteiger partial charge in [0.2, 0.25) is 0 Å². The number of benzene rings is 2. The molecule has 2 N–H and O–H groups in total. The van der Waals surface area contributed by atoms with E-state index in [2.05, 4.69) is 5.32 Å². The Morgan fingerprint density at radius 1 is 1.22 bits per heavy atom. The molecule has 23 heavy (non-hydrogen) atoms. The lowest BCUT2D eigenvalue weighted by Gasteiger charge is -2.17. The van der Waals surface area contributed by atoms with Crippen molar-refractivity contribution in [1.82, 2.24) is 5.32 Å². The van der Waals surface area contributed by atoms with E-state index in [-0.39, 0.29) is 17.7 Å². The van der Waals surface area contributed by atoms with Gasteiger partial charge in [0.05, 0.1) is 7.11 Å².